The molecule has 22 heavy (non-hydrogen) atoms. The summed E-state index contributed by atoms with van der Waals surface area (Å²) in [7, 11) is 0. The lowest BCUT2D eigenvalue weighted by Gasteiger charge is -2.35. The third-order valence-electron chi connectivity index (χ3n) is 5.02. The van der Waals surface area contributed by atoms with Gasteiger partial charge in [0.2, 0.25) is 5.91 Å². The largest absolute Gasteiger partial charge is 0.348 e. The predicted molar refractivity (Wildman–Crippen MR) is 89.6 cm³/mol. The zero-order valence-electron chi connectivity index (χ0n) is 13.8. The Morgan fingerprint density at radius 1 is 1.23 bits per heavy atom. The van der Waals surface area contributed by atoms with Gasteiger partial charge in [-0.25, -0.2) is 0 Å². The molecule has 3 atom stereocenters. The van der Waals surface area contributed by atoms with Crippen LogP contribution in [0.1, 0.15) is 50.3 Å². The number of piperidine rings is 1. The number of fused-ring (bicyclic) bond motifs is 1. The van der Waals surface area contributed by atoms with Gasteiger partial charge in [-0.1, -0.05) is 38.1 Å². The van der Waals surface area contributed by atoms with E-state index in [1.165, 1.54) is 24.0 Å². The number of likely N-dealkylation sites (tertiary alicyclic amines) is 1. The Kier molecular flexibility index (Phi) is 4.82. The normalized spacial score (nSPS) is 28.9. The maximum Gasteiger partial charge on any atom is 0.234 e. The third kappa shape index (κ3) is 3.70. The molecule has 1 aromatic rings. The van der Waals surface area contributed by atoms with Crippen molar-refractivity contribution in [2.45, 2.75) is 45.6 Å². The van der Waals surface area contributed by atoms with E-state index >= 15 is 0 Å². The Morgan fingerprint density at radius 2 is 1.95 bits per heavy atom. The summed E-state index contributed by atoms with van der Waals surface area (Å²) >= 11 is 0. The summed E-state index contributed by atoms with van der Waals surface area (Å²) in [5, 5.41) is 3.27. The van der Waals surface area contributed by atoms with E-state index in [-0.39, 0.29) is 11.9 Å². The van der Waals surface area contributed by atoms with Crippen LogP contribution < -0.4 is 5.32 Å². The van der Waals surface area contributed by atoms with Crippen LogP contribution in [0.5, 0.6) is 0 Å². The molecule has 1 heterocycles. The number of nitrogens with zero attached hydrogens (tertiary/aromatic N) is 1. The summed E-state index contributed by atoms with van der Waals surface area (Å²) in [6.45, 7) is 7.24. The van der Waals surface area contributed by atoms with Gasteiger partial charge < -0.3 is 5.32 Å². The molecule has 120 valence electrons. The molecule has 0 unspecified atom stereocenters. The highest BCUT2D eigenvalue weighted by molar-refractivity contribution is 5.78. The van der Waals surface area contributed by atoms with Gasteiger partial charge in [0, 0.05) is 13.1 Å². The molecule has 1 aliphatic heterocycles. The van der Waals surface area contributed by atoms with Crippen LogP contribution in [0.4, 0.5) is 0 Å². The van der Waals surface area contributed by atoms with Crippen molar-refractivity contribution in [2.75, 3.05) is 19.6 Å². The van der Waals surface area contributed by atoms with Crippen molar-refractivity contribution in [3.63, 3.8) is 0 Å². The van der Waals surface area contributed by atoms with Gasteiger partial charge in [-0.05, 0) is 48.6 Å². The molecule has 3 heteroatoms. The topological polar surface area (TPSA) is 32.3 Å². The summed E-state index contributed by atoms with van der Waals surface area (Å²) in [4.78, 5) is 14.8. The summed E-state index contributed by atoms with van der Waals surface area (Å²) in [5.74, 6) is 1.59. The monoisotopic (exact) mass is 300 g/mol. The second-order valence-electron chi connectivity index (χ2n) is 7.35. The van der Waals surface area contributed by atoms with Crippen molar-refractivity contribution in [3.05, 3.63) is 35.4 Å². The Bertz CT molecular complexity index is 518. The molecular weight excluding hydrogens is 272 g/mol. The van der Waals surface area contributed by atoms with Crippen LogP contribution in [0.2, 0.25) is 0 Å². The first kappa shape index (κ1) is 15.5. The fourth-order valence-electron chi connectivity index (χ4n) is 4.27. The lowest BCUT2D eigenvalue weighted by molar-refractivity contribution is -0.123. The minimum Gasteiger partial charge on any atom is -0.348 e. The van der Waals surface area contributed by atoms with Crippen LogP contribution in [0.3, 0.4) is 0 Å². The van der Waals surface area contributed by atoms with Gasteiger partial charge in [0.25, 0.3) is 0 Å². The van der Waals surface area contributed by atoms with Gasteiger partial charge in [-0.3, -0.25) is 9.69 Å². The molecule has 1 N–H and O–H groups in total. The second-order valence-corrected chi connectivity index (χ2v) is 7.35. The first-order valence-electron chi connectivity index (χ1n) is 8.71. The molecule has 1 aliphatic carbocycles. The SMILES string of the molecule is C[C@@H]1C[C@H](C)CN(CC(=O)N[C@@H]2CCCc3ccccc32)C1. The third-order valence-corrected chi connectivity index (χ3v) is 5.02. The zero-order chi connectivity index (χ0) is 15.5. The average Bonchev–Trinajstić information content (AvgIpc) is 2.46. The molecule has 1 fully saturated rings. The van der Waals surface area contributed by atoms with Crippen molar-refractivity contribution >= 4 is 5.91 Å². The van der Waals surface area contributed by atoms with Gasteiger partial charge in [0.1, 0.15) is 0 Å². The first-order valence-corrected chi connectivity index (χ1v) is 8.71. The van der Waals surface area contributed by atoms with Crippen LogP contribution in [0.25, 0.3) is 0 Å². The highest BCUT2D eigenvalue weighted by Crippen LogP contribution is 2.29. The molecule has 1 amide bonds. The standard InChI is InChI=1S/C19H28N2O/c1-14-10-15(2)12-21(11-14)13-19(22)20-18-9-5-7-16-6-3-4-8-17(16)18/h3-4,6,8,14-15,18H,5,7,9-13H2,1-2H3,(H,20,22)/t14-,15+,18-/m1/s1. The Morgan fingerprint density at radius 3 is 2.73 bits per heavy atom. The van der Waals surface area contributed by atoms with Gasteiger partial charge >= 0.3 is 0 Å². The molecule has 1 aromatic carbocycles. The Balaban J connectivity index is 1.58. The highest BCUT2D eigenvalue weighted by Gasteiger charge is 2.25. The maximum absolute atomic E-state index is 12.4. The van der Waals surface area contributed by atoms with E-state index in [0.29, 0.717) is 18.4 Å². The number of hydrogen-bond acceptors (Lipinski definition) is 2. The minimum absolute atomic E-state index is 0.183. The van der Waals surface area contributed by atoms with E-state index in [2.05, 4.69) is 48.3 Å². The average molecular weight is 300 g/mol. The van der Waals surface area contributed by atoms with Crippen molar-refractivity contribution in [1.82, 2.24) is 10.2 Å². The number of aryl methyl sites for hydroxylation is 1. The smallest absolute Gasteiger partial charge is 0.234 e. The van der Waals surface area contributed by atoms with Crippen molar-refractivity contribution in [3.8, 4) is 0 Å². The van der Waals surface area contributed by atoms with Crippen LogP contribution in [0.15, 0.2) is 24.3 Å². The predicted octanol–water partition coefficient (Wildman–Crippen LogP) is 3.16. The number of carbonyl (C=O) groups excluding carboxylic acids is 1. The van der Waals surface area contributed by atoms with Crippen LogP contribution >= 0.6 is 0 Å². The van der Waals surface area contributed by atoms with Gasteiger partial charge in [0.15, 0.2) is 0 Å². The molecule has 0 radical (unpaired) electrons. The van der Waals surface area contributed by atoms with E-state index in [1.807, 2.05) is 0 Å². The Labute approximate surface area is 134 Å². The Hall–Kier alpha value is -1.35. The molecule has 0 aromatic heterocycles. The van der Waals surface area contributed by atoms with Crippen molar-refractivity contribution in [1.29, 1.82) is 0 Å². The van der Waals surface area contributed by atoms with Crippen molar-refractivity contribution < 1.29 is 4.79 Å². The van der Waals surface area contributed by atoms with E-state index in [9.17, 15) is 4.79 Å². The second kappa shape index (κ2) is 6.82. The number of amides is 1. The number of rotatable bonds is 3. The van der Waals surface area contributed by atoms with E-state index in [0.717, 1.165) is 25.9 Å². The van der Waals surface area contributed by atoms with Gasteiger partial charge in [0.05, 0.1) is 12.6 Å². The van der Waals surface area contributed by atoms with Crippen molar-refractivity contribution in [2.24, 2.45) is 11.8 Å². The number of carbonyl (C=O) groups is 1. The molecule has 3 rings (SSSR count). The summed E-state index contributed by atoms with van der Waals surface area (Å²) in [6.07, 6.45) is 4.66. The lowest BCUT2D eigenvalue weighted by Crippen LogP contribution is -2.45. The molecule has 2 aliphatic rings. The molecular formula is C19H28N2O. The fraction of sp³-hybridized carbons (Fsp3) is 0.632. The number of hydrogen-bond donors (Lipinski definition) is 1. The molecule has 0 saturated carbocycles. The van der Waals surface area contributed by atoms with E-state index in [1.54, 1.807) is 0 Å². The molecule has 3 nitrogen and oxygen atoms in total. The minimum atomic E-state index is 0.183. The van der Waals surface area contributed by atoms with Crippen LogP contribution in [-0.2, 0) is 11.2 Å². The molecule has 1 saturated heterocycles. The first-order chi connectivity index (χ1) is 10.6. The maximum atomic E-state index is 12.4. The lowest BCUT2D eigenvalue weighted by atomic mass is 9.87. The highest BCUT2D eigenvalue weighted by atomic mass is 16.2. The number of nitrogens with one attached hydrogen (secondary N) is 1. The van der Waals surface area contributed by atoms with Gasteiger partial charge in [-0.15, -0.1) is 0 Å². The van der Waals surface area contributed by atoms with Gasteiger partial charge in [-0.2, -0.15) is 0 Å². The fourth-order valence-corrected chi connectivity index (χ4v) is 4.27. The molecule has 0 bridgehead atoms. The summed E-state index contributed by atoms with van der Waals surface area (Å²) in [5.41, 5.74) is 2.72. The summed E-state index contributed by atoms with van der Waals surface area (Å²) in [6, 6.07) is 8.75. The molecule has 0 spiro atoms. The number of benzene rings is 1. The van der Waals surface area contributed by atoms with E-state index < -0.39 is 0 Å². The zero-order valence-corrected chi connectivity index (χ0v) is 13.8. The van der Waals surface area contributed by atoms with Crippen LogP contribution in [0, 0.1) is 11.8 Å². The summed E-state index contributed by atoms with van der Waals surface area (Å²) < 4.78 is 0. The van der Waals surface area contributed by atoms with E-state index in [4.69, 9.17) is 0 Å². The van der Waals surface area contributed by atoms with Crippen LogP contribution in [-0.4, -0.2) is 30.4 Å². The quantitative estimate of drug-likeness (QED) is 0.930.